The number of aromatic amines is 1. The summed E-state index contributed by atoms with van der Waals surface area (Å²) >= 11 is 0. The molecule has 0 saturated carbocycles. The van der Waals surface area contributed by atoms with Crippen LogP contribution in [0.5, 0.6) is 0 Å². The number of piperidine rings is 1. The zero-order valence-electron chi connectivity index (χ0n) is 15.5. The van der Waals surface area contributed by atoms with Crippen molar-refractivity contribution in [2.45, 2.75) is 45.2 Å². The molecule has 0 aromatic carbocycles. The molecule has 27 heavy (non-hydrogen) atoms. The van der Waals surface area contributed by atoms with Crippen LogP contribution in [-0.2, 0) is 4.79 Å². The predicted molar refractivity (Wildman–Crippen MR) is 99.9 cm³/mol. The van der Waals surface area contributed by atoms with E-state index >= 15 is 0 Å². The quantitative estimate of drug-likeness (QED) is 0.731. The van der Waals surface area contributed by atoms with Gasteiger partial charge in [0.15, 0.2) is 5.65 Å². The number of H-pyrrole nitrogens is 1. The Bertz CT molecular complexity index is 883. The Kier molecular flexibility index (Phi) is 5.54. The summed E-state index contributed by atoms with van der Waals surface area (Å²) in [4.78, 5) is 37.8. The summed E-state index contributed by atoms with van der Waals surface area (Å²) in [6.45, 7) is 4.98. The first-order valence-electron chi connectivity index (χ1n) is 9.04. The van der Waals surface area contributed by atoms with Crippen LogP contribution in [0.4, 0.5) is 5.82 Å². The van der Waals surface area contributed by atoms with Crippen molar-refractivity contribution >= 4 is 28.8 Å². The van der Waals surface area contributed by atoms with Gasteiger partial charge in [0.25, 0.3) is 5.91 Å². The van der Waals surface area contributed by atoms with Gasteiger partial charge in [0, 0.05) is 31.4 Å². The van der Waals surface area contributed by atoms with Crippen LogP contribution in [0, 0.1) is 11.3 Å². The largest absolute Gasteiger partial charge is 0.364 e. The Balaban J connectivity index is 1.74. The molecule has 2 aromatic heterocycles. The van der Waals surface area contributed by atoms with Gasteiger partial charge in [-0.05, 0) is 26.7 Å². The maximum atomic E-state index is 12.3. The van der Waals surface area contributed by atoms with Crippen molar-refractivity contribution in [2.75, 3.05) is 18.4 Å². The van der Waals surface area contributed by atoms with Gasteiger partial charge in [0.05, 0.1) is 17.8 Å². The summed E-state index contributed by atoms with van der Waals surface area (Å²) in [5.74, 6) is 0.206. The van der Waals surface area contributed by atoms with Crippen molar-refractivity contribution < 1.29 is 9.59 Å². The van der Waals surface area contributed by atoms with E-state index in [2.05, 4.69) is 25.6 Å². The minimum absolute atomic E-state index is 0.0240. The summed E-state index contributed by atoms with van der Waals surface area (Å²) in [5, 5.41) is 14.9. The molecule has 1 unspecified atom stereocenters. The molecule has 9 nitrogen and oxygen atoms in total. The van der Waals surface area contributed by atoms with Gasteiger partial charge in [-0.3, -0.25) is 9.59 Å². The minimum Gasteiger partial charge on any atom is -0.364 e. The van der Waals surface area contributed by atoms with Gasteiger partial charge in [-0.1, -0.05) is 0 Å². The van der Waals surface area contributed by atoms with Gasteiger partial charge in [-0.25, -0.2) is 9.97 Å². The Morgan fingerprint density at radius 3 is 3.04 bits per heavy atom. The van der Waals surface area contributed by atoms with E-state index in [1.54, 1.807) is 17.3 Å². The monoisotopic (exact) mass is 369 g/mol. The fourth-order valence-corrected chi connectivity index (χ4v) is 3.18. The number of likely N-dealkylation sites (tertiary alicyclic amines) is 1. The third-order valence-corrected chi connectivity index (χ3v) is 4.40. The summed E-state index contributed by atoms with van der Waals surface area (Å²) < 4.78 is 0. The molecule has 0 radical (unpaired) electrons. The Hall–Kier alpha value is -3.15. The first kappa shape index (κ1) is 18.6. The molecule has 0 spiro atoms. The van der Waals surface area contributed by atoms with Crippen LogP contribution < -0.4 is 10.6 Å². The molecular formula is C18H23N7O2. The molecule has 1 atom stereocenters. The van der Waals surface area contributed by atoms with Crippen LogP contribution in [0.25, 0.3) is 11.2 Å². The van der Waals surface area contributed by atoms with E-state index < -0.39 is 0 Å². The zero-order chi connectivity index (χ0) is 19.4. The molecule has 1 aliphatic heterocycles. The average molecular weight is 369 g/mol. The van der Waals surface area contributed by atoms with Crippen LogP contribution in [0.3, 0.4) is 0 Å². The van der Waals surface area contributed by atoms with Crippen LogP contribution in [-0.4, -0.2) is 56.8 Å². The van der Waals surface area contributed by atoms with Gasteiger partial charge in [-0.15, -0.1) is 0 Å². The van der Waals surface area contributed by atoms with E-state index in [1.807, 2.05) is 19.9 Å². The normalized spacial score (nSPS) is 17.0. The number of nitrogens with one attached hydrogen (secondary N) is 3. The molecular weight excluding hydrogens is 346 g/mol. The van der Waals surface area contributed by atoms with Crippen molar-refractivity contribution in [3.63, 3.8) is 0 Å². The molecule has 1 fully saturated rings. The summed E-state index contributed by atoms with van der Waals surface area (Å²) in [6.07, 6.45) is 4.87. The third kappa shape index (κ3) is 4.34. The molecule has 142 valence electrons. The fourth-order valence-electron chi connectivity index (χ4n) is 3.18. The van der Waals surface area contributed by atoms with Gasteiger partial charge < -0.3 is 20.5 Å². The molecule has 2 amide bonds. The number of carbonyl (C=O) groups is 2. The van der Waals surface area contributed by atoms with E-state index in [0.29, 0.717) is 35.6 Å². The van der Waals surface area contributed by atoms with Crippen molar-refractivity contribution in [3.05, 3.63) is 18.0 Å². The lowest BCUT2D eigenvalue weighted by atomic mass is 10.1. The third-order valence-electron chi connectivity index (χ3n) is 4.40. The summed E-state index contributed by atoms with van der Waals surface area (Å²) in [6, 6.07) is 1.95. The fraction of sp³-hybridized carbons (Fsp3) is 0.500. The predicted octanol–water partition coefficient (Wildman–Crippen LogP) is 1.41. The Labute approximate surface area is 157 Å². The molecule has 1 saturated heterocycles. The molecule has 9 heteroatoms. The highest BCUT2D eigenvalue weighted by molar-refractivity contribution is 6.04. The van der Waals surface area contributed by atoms with Gasteiger partial charge in [-0.2, -0.15) is 5.26 Å². The topological polar surface area (TPSA) is 127 Å². The summed E-state index contributed by atoms with van der Waals surface area (Å²) in [7, 11) is 0. The number of amides is 2. The highest BCUT2D eigenvalue weighted by atomic mass is 16.2. The van der Waals surface area contributed by atoms with E-state index in [1.165, 1.54) is 0 Å². The lowest BCUT2D eigenvalue weighted by Crippen LogP contribution is -2.45. The number of carbonyl (C=O) groups excluding carboxylic acids is 2. The molecule has 0 aliphatic carbocycles. The highest BCUT2D eigenvalue weighted by Gasteiger charge is 2.24. The lowest BCUT2D eigenvalue weighted by Gasteiger charge is -2.33. The Morgan fingerprint density at radius 2 is 2.30 bits per heavy atom. The van der Waals surface area contributed by atoms with Crippen LogP contribution in [0.15, 0.2) is 12.4 Å². The van der Waals surface area contributed by atoms with E-state index in [4.69, 9.17) is 5.26 Å². The van der Waals surface area contributed by atoms with Gasteiger partial charge >= 0.3 is 0 Å². The first-order valence-corrected chi connectivity index (χ1v) is 9.04. The number of hydrogen-bond acceptors (Lipinski definition) is 6. The van der Waals surface area contributed by atoms with E-state index in [-0.39, 0.29) is 30.3 Å². The first-order chi connectivity index (χ1) is 13.0. The maximum absolute atomic E-state index is 12.3. The second-order valence-corrected chi connectivity index (χ2v) is 6.94. The Morgan fingerprint density at radius 1 is 1.48 bits per heavy atom. The molecule has 2 aromatic rings. The van der Waals surface area contributed by atoms with Crippen molar-refractivity contribution in [1.82, 2.24) is 25.2 Å². The summed E-state index contributed by atoms with van der Waals surface area (Å²) in [5.41, 5.74) is 1.50. The second kappa shape index (κ2) is 8.03. The van der Waals surface area contributed by atoms with Crippen LogP contribution in [0.2, 0.25) is 0 Å². The van der Waals surface area contributed by atoms with E-state index in [0.717, 1.165) is 12.8 Å². The molecule has 0 bridgehead atoms. The van der Waals surface area contributed by atoms with E-state index in [9.17, 15) is 9.59 Å². The van der Waals surface area contributed by atoms with Gasteiger partial charge in [0.2, 0.25) is 5.91 Å². The van der Waals surface area contributed by atoms with Crippen molar-refractivity contribution in [3.8, 4) is 6.07 Å². The minimum atomic E-state index is -0.200. The number of rotatable bonds is 5. The molecule has 1 aliphatic rings. The number of hydrogen-bond donors (Lipinski definition) is 3. The number of fused-ring (bicyclic) bond motifs is 1. The zero-order valence-corrected chi connectivity index (χ0v) is 15.5. The SMILES string of the molecule is CC(C)NC(=O)c1c[nH]c2ncc(NC3CCCN(C(=O)CC#N)C3)nc12. The maximum Gasteiger partial charge on any atom is 0.255 e. The number of anilines is 1. The van der Waals surface area contributed by atoms with Crippen molar-refractivity contribution in [2.24, 2.45) is 0 Å². The average Bonchev–Trinajstić information content (AvgIpc) is 3.05. The van der Waals surface area contributed by atoms with Crippen LogP contribution in [0.1, 0.15) is 43.5 Å². The van der Waals surface area contributed by atoms with Crippen LogP contribution >= 0.6 is 0 Å². The number of aromatic nitrogens is 3. The highest BCUT2D eigenvalue weighted by Crippen LogP contribution is 2.19. The standard InChI is InChI=1S/C18H23N7O2/c1-11(2)22-18(27)13-8-20-17-16(13)24-14(9-21-17)23-12-4-3-7-25(10-12)15(26)5-6-19/h8-9,11-12H,3-5,7,10H2,1-2H3,(H,20,21)(H,22,27)(H,23,24). The number of nitrogens with zero attached hydrogens (tertiary/aromatic N) is 4. The molecule has 3 N–H and O–H groups in total. The molecule has 3 rings (SSSR count). The second-order valence-electron chi connectivity index (χ2n) is 6.94. The number of nitriles is 1. The van der Waals surface area contributed by atoms with Crippen molar-refractivity contribution in [1.29, 1.82) is 5.26 Å². The van der Waals surface area contributed by atoms with Gasteiger partial charge in [0.1, 0.15) is 17.8 Å². The lowest BCUT2D eigenvalue weighted by molar-refractivity contribution is -0.131. The molecule has 3 heterocycles. The smallest absolute Gasteiger partial charge is 0.255 e.